The van der Waals surface area contributed by atoms with E-state index < -0.39 is 5.41 Å². The van der Waals surface area contributed by atoms with Gasteiger partial charge in [0.15, 0.2) is 5.78 Å². The molecule has 4 rings (SSSR count). The van der Waals surface area contributed by atoms with Crippen LogP contribution in [0.5, 0.6) is 0 Å². The number of benzene rings is 2. The van der Waals surface area contributed by atoms with E-state index in [1.54, 1.807) is 0 Å². The average molecular weight is 422 g/mol. The topological polar surface area (TPSA) is 20.3 Å². The Kier molecular flexibility index (Phi) is 5.16. The molecule has 2 nitrogen and oxygen atoms in total. The zero-order valence-electron chi connectivity index (χ0n) is 15.6. The Morgan fingerprint density at radius 1 is 1.11 bits per heavy atom. The van der Waals surface area contributed by atoms with Crippen molar-refractivity contribution in [2.24, 2.45) is 5.41 Å². The molecule has 1 aliphatic carbocycles. The molecule has 0 amide bonds. The molecule has 0 N–H and O–H groups in total. The first-order chi connectivity index (χ1) is 13.1. The third kappa shape index (κ3) is 3.46. The lowest BCUT2D eigenvalue weighted by molar-refractivity contribution is 0.0723. The van der Waals surface area contributed by atoms with Crippen LogP contribution in [-0.2, 0) is 0 Å². The van der Waals surface area contributed by atoms with Crippen LogP contribution in [0, 0.1) is 5.41 Å². The van der Waals surface area contributed by atoms with Crippen LogP contribution in [0.3, 0.4) is 0 Å². The summed E-state index contributed by atoms with van der Waals surface area (Å²) in [5.41, 5.74) is 2.71. The predicted octanol–water partition coefficient (Wildman–Crippen LogP) is 5.76. The summed E-state index contributed by atoms with van der Waals surface area (Å²) in [7, 11) is 2.15. The molecule has 2 atom stereocenters. The molecule has 0 aromatic heterocycles. The number of hydrogen-bond acceptors (Lipinski definition) is 2. The van der Waals surface area contributed by atoms with E-state index in [1.807, 2.05) is 30.3 Å². The Bertz CT molecular complexity index is 884. The molecule has 1 aliphatic heterocycles. The molecule has 0 saturated carbocycles. The number of nitrogens with zero attached hydrogens (tertiary/aromatic N) is 1. The Balaban J connectivity index is 1.71. The molecule has 1 saturated heterocycles. The van der Waals surface area contributed by atoms with Crippen molar-refractivity contribution in [1.29, 1.82) is 0 Å². The van der Waals surface area contributed by atoms with Crippen molar-refractivity contribution in [3.8, 4) is 0 Å². The van der Waals surface area contributed by atoms with Gasteiger partial charge in [-0.05, 0) is 56.1 Å². The number of hydrogen-bond donors (Lipinski definition) is 0. The third-order valence-electron chi connectivity index (χ3n) is 5.97. The van der Waals surface area contributed by atoms with E-state index in [0.29, 0.717) is 0 Å². The van der Waals surface area contributed by atoms with Gasteiger partial charge >= 0.3 is 0 Å². The van der Waals surface area contributed by atoms with Crippen LogP contribution in [-0.4, -0.2) is 30.3 Å². The van der Waals surface area contributed by atoms with Crippen LogP contribution in [0.4, 0.5) is 0 Å². The average Bonchev–Trinajstić information content (AvgIpc) is 3.15. The maximum atomic E-state index is 13.7. The Hall–Kier alpha value is -1.97. The van der Waals surface area contributed by atoms with E-state index in [9.17, 15) is 4.79 Å². The van der Waals surface area contributed by atoms with Crippen molar-refractivity contribution in [2.45, 2.75) is 25.3 Å². The van der Waals surface area contributed by atoms with Gasteiger partial charge in [-0.3, -0.25) is 4.79 Å². The molecule has 2 aliphatic rings. The highest BCUT2D eigenvalue weighted by atomic mass is 79.9. The standard InChI is InChI=1S/C24H24BrNO/c1-26-17-5-8-22(26)24(23(27)20-9-11-21(25)12-10-20)15-13-19(14-16-24)18-6-3-2-4-7-18/h2-4,6-7,9-15,22H,5,8,16-17H2,1H3. The van der Waals surface area contributed by atoms with Gasteiger partial charge in [0.1, 0.15) is 0 Å². The molecule has 1 heterocycles. The van der Waals surface area contributed by atoms with E-state index in [1.165, 1.54) is 11.1 Å². The lowest BCUT2D eigenvalue weighted by Crippen LogP contribution is -2.47. The molecule has 0 bridgehead atoms. The lowest BCUT2D eigenvalue weighted by atomic mass is 9.68. The normalized spacial score (nSPS) is 25.4. The second-order valence-corrected chi connectivity index (χ2v) is 8.49. The summed E-state index contributed by atoms with van der Waals surface area (Å²) in [6, 6.07) is 18.4. The fourth-order valence-corrected chi connectivity index (χ4v) is 4.76. The van der Waals surface area contributed by atoms with Crippen molar-refractivity contribution in [3.63, 3.8) is 0 Å². The fourth-order valence-electron chi connectivity index (χ4n) is 4.50. The first-order valence-electron chi connectivity index (χ1n) is 9.55. The molecule has 2 unspecified atom stereocenters. The number of ketones is 1. The Morgan fingerprint density at radius 2 is 1.85 bits per heavy atom. The van der Waals surface area contributed by atoms with Crippen molar-refractivity contribution in [3.05, 3.63) is 88.4 Å². The third-order valence-corrected chi connectivity index (χ3v) is 6.50. The summed E-state index contributed by atoms with van der Waals surface area (Å²) in [6.45, 7) is 1.06. The molecule has 138 valence electrons. The SMILES string of the molecule is CN1CCCC1C1(C(=O)c2ccc(Br)cc2)C=CC(c2ccccc2)=CC1. The molecule has 0 spiro atoms. The van der Waals surface area contributed by atoms with Gasteiger partial charge in [0, 0.05) is 16.1 Å². The molecule has 2 aromatic carbocycles. The van der Waals surface area contributed by atoms with E-state index in [2.05, 4.69) is 70.4 Å². The number of allylic oxidation sites excluding steroid dienone is 3. The van der Waals surface area contributed by atoms with Crippen LogP contribution < -0.4 is 0 Å². The summed E-state index contributed by atoms with van der Waals surface area (Å²) < 4.78 is 0.997. The maximum absolute atomic E-state index is 13.7. The summed E-state index contributed by atoms with van der Waals surface area (Å²) in [5, 5.41) is 0. The van der Waals surface area contributed by atoms with Crippen LogP contribution in [0.15, 0.2) is 77.3 Å². The minimum atomic E-state index is -0.489. The smallest absolute Gasteiger partial charge is 0.174 e. The first kappa shape index (κ1) is 18.4. The zero-order valence-corrected chi connectivity index (χ0v) is 17.2. The number of likely N-dealkylation sites (tertiary alicyclic amines) is 1. The van der Waals surface area contributed by atoms with Gasteiger partial charge in [-0.2, -0.15) is 0 Å². The molecule has 2 aromatic rings. The van der Waals surface area contributed by atoms with Gasteiger partial charge in [-0.1, -0.05) is 76.6 Å². The number of carbonyl (C=O) groups excluding carboxylic acids is 1. The van der Waals surface area contributed by atoms with E-state index in [4.69, 9.17) is 0 Å². The van der Waals surface area contributed by atoms with Crippen molar-refractivity contribution in [2.75, 3.05) is 13.6 Å². The molecular weight excluding hydrogens is 398 g/mol. The van der Waals surface area contributed by atoms with Crippen LogP contribution in [0.1, 0.15) is 35.2 Å². The Labute approximate surface area is 169 Å². The fraction of sp³-hybridized carbons (Fsp3) is 0.292. The summed E-state index contributed by atoms with van der Waals surface area (Å²) in [6.07, 6.45) is 9.56. The molecular formula is C24H24BrNO. The number of carbonyl (C=O) groups is 1. The number of halogens is 1. The summed E-state index contributed by atoms with van der Waals surface area (Å²) >= 11 is 3.47. The van der Waals surface area contributed by atoms with Gasteiger partial charge in [0.2, 0.25) is 0 Å². The molecule has 0 radical (unpaired) electrons. The van der Waals surface area contributed by atoms with Crippen LogP contribution in [0.2, 0.25) is 0 Å². The van der Waals surface area contributed by atoms with Gasteiger partial charge in [-0.25, -0.2) is 0 Å². The minimum Gasteiger partial charge on any atom is -0.302 e. The molecule has 1 fully saturated rings. The highest BCUT2D eigenvalue weighted by molar-refractivity contribution is 9.10. The summed E-state index contributed by atoms with van der Waals surface area (Å²) in [4.78, 5) is 16.0. The minimum absolute atomic E-state index is 0.230. The monoisotopic (exact) mass is 421 g/mol. The van der Waals surface area contributed by atoms with Gasteiger partial charge in [0.05, 0.1) is 5.41 Å². The molecule has 27 heavy (non-hydrogen) atoms. The highest BCUT2D eigenvalue weighted by Crippen LogP contribution is 2.44. The predicted molar refractivity (Wildman–Crippen MR) is 115 cm³/mol. The van der Waals surface area contributed by atoms with Gasteiger partial charge in [-0.15, -0.1) is 0 Å². The Morgan fingerprint density at radius 3 is 2.44 bits per heavy atom. The van der Waals surface area contributed by atoms with Gasteiger partial charge < -0.3 is 4.90 Å². The van der Waals surface area contributed by atoms with Crippen LogP contribution in [0.25, 0.3) is 5.57 Å². The van der Waals surface area contributed by atoms with E-state index in [0.717, 1.165) is 35.8 Å². The van der Waals surface area contributed by atoms with Crippen molar-refractivity contribution < 1.29 is 4.79 Å². The molecule has 3 heteroatoms. The second kappa shape index (κ2) is 7.57. The van der Waals surface area contributed by atoms with Crippen molar-refractivity contribution >= 4 is 27.3 Å². The van der Waals surface area contributed by atoms with Crippen LogP contribution >= 0.6 is 15.9 Å². The number of Topliss-reactive ketones (excluding diaryl/α,β-unsaturated/α-hetero) is 1. The first-order valence-corrected chi connectivity index (χ1v) is 10.3. The largest absolute Gasteiger partial charge is 0.302 e. The van der Waals surface area contributed by atoms with Crippen molar-refractivity contribution in [1.82, 2.24) is 4.90 Å². The second-order valence-electron chi connectivity index (χ2n) is 7.58. The highest BCUT2D eigenvalue weighted by Gasteiger charge is 2.47. The van der Waals surface area contributed by atoms with E-state index in [-0.39, 0.29) is 11.8 Å². The zero-order chi connectivity index (χ0) is 18.9. The number of rotatable bonds is 4. The summed E-state index contributed by atoms with van der Waals surface area (Å²) in [5.74, 6) is 0.230. The maximum Gasteiger partial charge on any atom is 0.174 e. The van der Waals surface area contributed by atoms with E-state index >= 15 is 0 Å². The quantitative estimate of drug-likeness (QED) is 0.585. The lowest BCUT2D eigenvalue weighted by Gasteiger charge is -2.40. The van der Waals surface area contributed by atoms with Gasteiger partial charge in [0.25, 0.3) is 0 Å².